The van der Waals surface area contributed by atoms with Crippen LogP contribution in [0.3, 0.4) is 0 Å². The molecule has 1 aromatic carbocycles. The van der Waals surface area contributed by atoms with Crippen LogP contribution in [0.2, 0.25) is 36.3 Å². The van der Waals surface area contributed by atoms with Crippen LogP contribution in [0.25, 0.3) is 11.3 Å². The van der Waals surface area contributed by atoms with E-state index in [2.05, 4.69) is 89.8 Å². The van der Waals surface area contributed by atoms with Crippen molar-refractivity contribution in [1.82, 2.24) is 9.97 Å². The minimum atomic E-state index is -1.92. The van der Waals surface area contributed by atoms with Gasteiger partial charge in [0.15, 0.2) is 16.6 Å². The third-order valence-corrected chi connectivity index (χ3v) is 17.3. The number of ether oxygens (including phenoxy) is 1. The van der Waals surface area contributed by atoms with Crippen LogP contribution in [0, 0.1) is 5.92 Å². The smallest absolute Gasteiger partial charge is 0.217 e. The summed E-state index contributed by atoms with van der Waals surface area (Å²) in [5.41, 5.74) is 1.94. The van der Waals surface area contributed by atoms with E-state index in [0.717, 1.165) is 30.7 Å². The molecule has 1 aliphatic carbocycles. The van der Waals surface area contributed by atoms with Crippen molar-refractivity contribution in [2.75, 3.05) is 6.61 Å². The lowest BCUT2D eigenvalue weighted by Crippen LogP contribution is -2.46. The van der Waals surface area contributed by atoms with Crippen molar-refractivity contribution >= 4 is 16.6 Å². The number of benzene rings is 1. The fourth-order valence-electron chi connectivity index (χ4n) is 3.88. The highest BCUT2D eigenvalue weighted by molar-refractivity contribution is 6.74. The molecule has 0 amide bonds. The standard InChI is InChI=1S/C28H46N2O3Si2/c1-27(2,3)34(7,8)31-19-22-16-23(17-25(22)33-35(9,10)28(4,5)6)32-26-18-24(29-20-30-26)21-14-12-11-13-15-21/h11-15,18,20,22-23,25H,16-17,19H2,1-10H3/t22-,23+,25-/m0/s1. The van der Waals surface area contributed by atoms with E-state index in [-0.39, 0.29) is 22.3 Å². The third kappa shape index (κ3) is 7.03. The zero-order valence-electron chi connectivity index (χ0n) is 23.5. The molecule has 0 spiro atoms. The molecule has 3 rings (SSSR count). The minimum Gasteiger partial charge on any atom is -0.474 e. The molecule has 5 nitrogen and oxygen atoms in total. The summed E-state index contributed by atoms with van der Waals surface area (Å²) in [4.78, 5) is 8.86. The molecule has 0 aliphatic heterocycles. The second-order valence-corrected chi connectivity index (χ2v) is 22.6. The third-order valence-electron chi connectivity index (χ3n) is 8.30. The average molecular weight is 515 g/mol. The Labute approximate surface area is 215 Å². The van der Waals surface area contributed by atoms with Gasteiger partial charge in [-0.1, -0.05) is 71.9 Å². The van der Waals surface area contributed by atoms with Crippen molar-refractivity contribution < 1.29 is 13.6 Å². The lowest BCUT2D eigenvalue weighted by molar-refractivity contribution is 0.0999. The Morgan fingerprint density at radius 2 is 1.49 bits per heavy atom. The van der Waals surface area contributed by atoms with Crippen molar-refractivity contribution in [3.05, 3.63) is 42.7 Å². The van der Waals surface area contributed by atoms with E-state index in [9.17, 15) is 0 Å². The number of hydrogen-bond donors (Lipinski definition) is 0. The first-order chi connectivity index (χ1) is 16.1. The number of hydrogen-bond acceptors (Lipinski definition) is 5. The number of nitrogens with zero attached hydrogens (tertiary/aromatic N) is 2. The summed E-state index contributed by atoms with van der Waals surface area (Å²) in [5, 5.41) is 0.347. The van der Waals surface area contributed by atoms with Gasteiger partial charge < -0.3 is 13.6 Å². The highest BCUT2D eigenvalue weighted by Crippen LogP contribution is 2.43. The van der Waals surface area contributed by atoms with Crippen molar-refractivity contribution in [3.8, 4) is 17.1 Å². The number of rotatable bonds is 8. The molecular formula is C28H46N2O3Si2. The fourth-order valence-corrected chi connectivity index (χ4v) is 6.34. The minimum absolute atomic E-state index is 0.0521. The Morgan fingerprint density at radius 1 is 0.857 bits per heavy atom. The molecule has 1 fully saturated rings. The Hall–Kier alpha value is -1.55. The number of aromatic nitrogens is 2. The second kappa shape index (κ2) is 10.4. The molecule has 1 heterocycles. The first-order valence-corrected chi connectivity index (χ1v) is 18.8. The first-order valence-electron chi connectivity index (χ1n) is 12.9. The molecular weight excluding hydrogens is 468 g/mol. The van der Waals surface area contributed by atoms with E-state index >= 15 is 0 Å². The Morgan fingerprint density at radius 3 is 2.09 bits per heavy atom. The topological polar surface area (TPSA) is 53.5 Å². The Bertz CT molecular complexity index is 968. The summed E-state index contributed by atoms with van der Waals surface area (Å²) in [6.45, 7) is 23.8. The van der Waals surface area contributed by atoms with Crippen LogP contribution in [0.5, 0.6) is 5.88 Å². The van der Waals surface area contributed by atoms with Gasteiger partial charge in [-0.15, -0.1) is 0 Å². The fraction of sp³-hybridized carbons (Fsp3) is 0.643. The van der Waals surface area contributed by atoms with E-state index in [1.165, 1.54) is 0 Å². The first kappa shape index (κ1) is 28.0. The molecule has 0 unspecified atom stereocenters. The zero-order valence-corrected chi connectivity index (χ0v) is 25.5. The van der Waals surface area contributed by atoms with E-state index in [1.807, 2.05) is 24.3 Å². The van der Waals surface area contributed by atoms with Crippen LogP contribution < -0.4 is 4.74 Å². The van der Waals surface area contributed by atoms with Gasteiger partial charge in [-0.2, -0.15) is 0 Å². The average Bonchev–Trinajstić information content (AvgIpc) is 3.12. The summed E-state index contributed by atoms with van der Waals surface area (Å²) in [6, 6.07) is 12.1. The lowest BCUT2D eigenvalue weighted by Gasteiger charge is -2.41. The summed E-state index contributed by atoms with van der Waals surface area (Å²) >= 11 is 0. The van der Waals surface area contributed by atoms with Crippen molar-refractivity contribution in [1.29, 1.82) is 0 Å². The Kier molecular flexibility index (Phi) is 8.36. The molecule has 0 saturated heterocycles. The molecule has 0 radical (unpaired) electrons. The Balaban J connectivity index is 1.76. The van der Waals surface area contributed by atoms with Gasteiger partial charge in [0.2, 0.25) is 5.88 Å². The van der Waals surface area contributed by atoms with Gasteiger partial charge in [0.25, 0.3) is 0 Å². The van der Waals surface area contributed by atoms with Gasteiger partial charge in [0.1, 0.15) is 12.4 Å². The lowest BCUT2D eigenvalue weighted by atomic mass is 10.1. The van der Waals surface area contributed by atoms with E-state index in [1.54, 1.807) is 6.33 Å². The van der Waals surface area contributed by atoms with Gasteiger partial charge in [0, 0.05) is 30.6 Å². The van der Waals surface area contributed by atoms with Crippen molar-refractivity contribution in [3.63, 3.8) is 0 Å². The monoisotopic (exact) mass is 514 g/mol. The van der Waals surface area contributed by atoms with Gasteiger partial charge >= 0.3 is 0 Å². The van der Waals surface area contributed by atoms with Gasteiger partial charge in [0.05, 0.1) is 11.8 Å². The predicted octanol–water partition coefficient (Wildman–Crippen LogP) is 7.71. The van der Waals surface area contributed by atoms with Gasteiger partial charge in [-0.3, -0.25) is 0 Å². The SMILES string of the molecule is CC(C)(C)[Si](C)(C)OC[C@@H]1C[C@@H](Oc2cc(-c3ccccc3)ncn2)C[C@@H]1O[Si](C)(C)C(C)(C)C. The maximum atomic E-state index is 6.95. The molecule has 0 N–H and O–H groups in total. The molecule has 1 aliphatic rings. The molecule has 1 saturated carbocycles. The largest absolute Gasteiger partial charge is 0.474 e. The van der Waals surface area contributed by atoms with Crippen LogP contribution in [0.15, 0.2) is 42.7 Å². The molecule has 7 heteroatoms. The van der Waals surface area contributed by atoms with Crippen LogP contribution in [0.4, 0.5) is 0 Å². The zero-order chi connectivity index (χ0) is 26.1. The van der Waals surface area contributed by atoms with Gasteiger partial charge in [-0.25, -0.2) is 9.97 Å². The molecule has 3 atom stereocenters. The van der Waals surface area contributed by atoms with Crippen LogP contribution in [-0.4, -0.2) is 45.4 Å². The van der Waals surface area contributed by atoms with Crippen molar-refractivity contribution in [2.24, 2.45) is 5.92 Å². The summed E-state index contributed by atoms with van der Waals surface area (Å²) in [5.74, 6) is 0.944. The molecule has 35 heavy (non-hydrogen) atoms. The maximum absolute atomic E-state index is 6.95. The predicted molar refractivity (Wildman–Crippen MR) is 150 cm³/mol. The summed E-state index contributed by atoms with van der Waals surface area (Å²) < 4.78 is 20.1. The molecule has 2 aromatic rings. The van der Waals surface area contributed by atoms with Crippen LogP contribution in [-0.2, 0) is 8.85 Å². The molecule has 194 valence electrons. The molecule has 1 aromatic heterocycles. The normalized spacial score (nSPS) is 21.8. The van der Waals surface area contributed by atoms with E-state index in [4.69, 9.17) is 13.6 Å². The van der Waals surface area contributed by atoms with Crippen molar-refractivity contribution in [2.45, 2.75) is 103 Å². The summed E-state index contributed by atoms with van der Waals surface area (Å²) in [7, 11) is -3.77. The highest BCUT2D eigenvalue weighted by atomic mass is 28.4. The second-order valence-electron chi connectivity index (χ2n) is 13.1. The maximum Gasteiger partial charge on any atom is 0.217 e. The van der Waals surface area contributed by atoms with E-state index < -0.39 is 16.6 Å². The summed E-state index contributed by atoms with van der Waals surface area (Å²) in [6.07, 6.45) is 3.56. The highest BCUT2D eigenvalue weighted by Gasteiger charge is 2.46. The van der Waals surface area contributed by atoms with Crippen LogP contribution in [0.1, 0.15) is 54.4 Å². The molecule has 0 bridgehead atoms. The van der Waals surface area contributed by atoms with Gasteiger partial charge in [-0.05, 0) is 42.7 Å². The quantitative estimate of drug-likeness (QED) is 0.338. The van der Waals surface area contributed by atoms with E-state index in [0.29, 0.717) is 11.8 Å². The van der Waals surface area contributed by atoms with Crippen LogP contribution >= 0.6 is 0 Å².